The van der Waals surface area contributed by atoms with E-state index in [1.165, 1.54) is 35.2 Å². The first-order chi connectivity index (χ1) is 14.9. The highest BCUT2D eigenvalue weighted by atomic mass is 16.6. The molecule has 1 amide bonds. The van der Waals surface area contributed by atoms with Gasteiger partial charge in [-0.05, 0) is 35.8 Å². The number of amides is 1. The summed E-state index contributed by atoms with van der Waals surface area (Å²) in [6.07, 6.45) is 3.42. The molecule has 1 aliphatic rings. The normalized spacial score (nSPS) is 16.4. The highest BCUT2D eigenvalue weighted by Gasteiger charge is 2.42. The largest absolute Gasteiger partial charge is 0.503 e. The van der Waals surface area contributed by atoms with Crippen molar-refractivity contribution in [2.45, 2.75) is 12.5 Å². The quantitative estimate of drug-likeness (QED) is 0.286. The van der Waals surface area contributed by atoms with Crippen LogP contribution in [0.5, 0.6) is 0 Å². The zero-order valence-electron chi connectivity index (χ0n) is 16.9. The standard InChI is InChI=1S/C23H22N2O6/c1-31-15-5-14-24-21(17-9-11-18(12-10-17)25(29)30)20(22(27)23(24)28)19(26)13-8-16-6-3-2-4-7-16/h2-4,6-13,21,27H,5,14-15H2,1H3/b13-8+. The second kappa shape index (κ2) is 9.82. The molecule has 0 spiro atoms. The number of aliphatic hydroxyl groups excluding tert-OH is 1. The van der Waals surface area contributed by atoms with Crippen molar-refractivity contribution in [2.75, 3.05) is 20.3 Å². The number of ketones is 1. The summed E-state index contributed by atoms with van der Waals surface area (Å²) in [5.74, 6) is -1.77. The maximum absolute atomic E-state index is 13.0. The van der Waals surface area contributed by atoms with Crippen molar-refractivity contribution < 1.29 is 24.4 Å². The summed E-state index contributed by atoms with van der Waals surface area (Å²) in [4.78, 5) is 37.6. The molecule has 0 fully saturated rings. The van der Waals surface area contributed by atoms with Crippen molar-refractivity contribution in [3.05, 3.63) is 93.2 Å². The van der Waals surface area contributed by atoms with Crippen LogP contribution in [0, 0.1) is 10.1 Å². The van der Waals surface area contributed by atoms with Crippen molar-refractivity contribution in [3.8, 4) is 0 Å². The number of aliphatic hydroxyl groups is 1. The average molecular weight is 422 g/mol. The van der Waals surface area contributed by atoms with Crippen molar-refractivity contribution >= 4 is 23.5 Å². The smallest absolute Gasteiger partial charge is 0.290 e. The number of methoxy groups -OCH3 is 1. The third-order valence-corrected chi connectivity index (χ3v) is 4.96. The summed E-state index contributed by atoms with van der Waals surface area (Å²) in [6.45, 7) is 0.645. The van der Waals surface area contributed by atoms with E-state index in [1.807, 2.05) is 30.3 Å². The van der Waals surface area contributed by atoms with Crippen molar-refractivity contribution in [3.63, 3.8) is 0 Å². The third-order valence-electron chi connectivity index (χ3n) is 4.96. The minimum atomic E-state index is -0.849. The van der Waals surface area contributed by atoms with E-state index in [0.717, 1.165) is 5.56 Å². The van der Waals surface area contributed by atoms with E-state index in [-0.39, 0.29) is 17.8 Å². The number of carbonyl (C=O) groups excluding carboxylic acids is 2. The van der Waals surface area contributed by atoms with Gasteiger partial charge < -0.3 is 14.7 Å². The van der Waals surface area contributed by atoms with Crippen LogP contribution in [0.15, 0.2) is 72.0 Å². The monoisotopic (exact) mass is 422 g/mol. The van der Waals surface area contributed by atoms with E-state index < -0.39 is 28.4 Å². The van der Waals surface area contributed by atoms with Crippen LogP contribution in [-0.2, 0) is 14.3 Å². The molecule has 2 aromatic carbocycles. The first-order valence-electron chi connectivity index (χ1n) is 9.69. The van der Waals surface area contributed by atoms with Crippen LogP contribution >= 0.6 is 0 Å². The minimum absolute atomic E-state index is 0.0524. The van der Waals surface area contributed by atoms with Gasteiger partial charge in [-0.15, -0.1) is 0 Å². The Morgan fingerprint density at radius 2 is 1.87 bits per heavy atom. The first-order valence-corrected chi connectivity index (χ1v) is 9.69. The van der Waals surface area contributed by atoms with Crippen LogP contribution in [0.25, 0.3) is 6.08 Å². The number of hydrogen-bond acceptors (Lipinski definition) is 6. The Labute approximate surface area is 179 Å². The Kier molecular flexibility index (Phi) is 6.94. The summed E-state index contributed by atoms with van der Waals surface area (Å²) >= 11 is 0. The molecule has 0 aromatic heterocycles. The molecule has 31 heavy (non-hydrogen) atoms. The number of allylic oxidation sites excluding steroid dienone is 1. The number of hydrogen-bond donors (Lipinski definition) is 1. The zero-order chi connectivity index (χ0) is 22.4. The summed E-state index contributed by atoms with van der Waals surface area (Å²) in [5.41, 5.74) is 1.13. The molecule has 0 bridgehead atoms. The fraction of sp³-hybridized carbons (Fsp3) is 0.217. The van der Waals surface area contributed by atoms with Gasteiger partial charge in [0.1, 0.15) is 0 Å². The molecule has 1 unspecified atom stereocenters. The number of ether oxygens (including phenoxy) is 1. The molecule has 160 valence electrons. The number of benzene rings is 2. The molecule has 0 radical (unpaired) electrons. The fourth-order valence-electron chi connectivity index (χ4n) is 3.47. The number of rotatable bonds is 9. The lowest BCUT2D eigenvalue weighted by atomic mass is 9.95. The van der Waals surface area contributed by atoms with Gasteiger partial charge >= 0.3 is 0 Å². The molecular weight excluding hydrogens is 400 g/mol. The van der Waals surface area contributed by atoms with Crippen LogP contribution in [-0.4, -0.2) is 46.9 Å². The molecule has 0 saturated carbocycles. The first kappa shape index (κ1) is 21.9. The second-order valence-electron chi connectivity index (χ2n) is 6.97. The van der Waals surface area contributed by atoms with Crippen LogP contribution < -0.4 is 0 Å². The number of nitrogens with zero attached hydrogens (tertiary/aromatic N) is 2. The van der Waals surface area contributed by atoms with Gasteiger partial charge in [0.25, 0.3) is 11.6 Å². The topological polar surface area (TPSA) is 110 Å². The van der Waals surface area contributed by atoms with Gasteiger partial charge in [-0.2, -0.15) is 0 Å². The van der Waals surface area contributed by atoms with Gasteiger partial charge in [-0.3, -0.25) is 19.7 Å². The molecule has 1 N–H and O–H groups in total. The second-order valence-corrected chi connectivity index (χ2v) is 6.97. The van der Waals surface area contributed by atoms with E-state index in [0.29, 0.717) is 18.6 Å². The SMILES string of the molecule is COCCCN1C(=O)C(O)=C(C(=O)/C=C/c2ccccc2)C1c1ccc([N+](=O)[O-])cc1. The van der Waals surface area contributed by atoms with Gasteiger partial charge in [-0.25, -0.2) is 0 Å². The molecule has 1 aliphatic heterocycles. The van der Waals surface area contributed by atoms with Gasteiger partial charge in [0.05, 0.1) is 16.5 Å². The Morgan fingerprint density at radius 1 is 1.19 bits per heavy atom. The Bertz CT molecular complexity index is 1030. The van der Waals surface area contributed by atoms with Gasteiger partial charge in [0.2, 0.25) is 0 Å². The Balaban J connectivity index is 1.96. The van der Waals surface area contributed by atoms with Gasteiger partial charge in [-0.1, -0.05) is 36.4 Å². The van der Waals surface area contributed by atoms with Crippen molar-refractivity contribution in [1.82, 2.24) is 4.90 Å². The molecule has 1 atom stereocenters. The molecular formula is C23H22N2O6. The predicted octanol–water partition coefficient (Wildman–Crippen LogP) is 3.61. The van der Waals surface area contributed by atoms with Crippen LogP contribution in [0.1, 0.15) is 23.6 Å². The lowest BCUT2D eigenvalue weighted by molar-refractivity contribution is -0.384. The molecule has 1 heterocycles. The van der Waals surface area contributed by atoms with E-state index >= 15 is 0 Å². The molecule has 0 aliphatic carbocycles. The summed E-state index contributed by atoms with van der Waals surface area (Å²) in [6, 6.07) is 13.9. The van der Waals surface area contributed by atoms with Crippen LogP contribution in [0.3, 0.4) is 0 Å². The summed E-state index contributed by atoms with van der Waals surface area (Å²) in [7, 11) is 1.54. The van der Waals surface area contributed by atoms with Gasteiger partial charge in [0.15, 0.2) is 11.5 Å². The van der Waals surface area contributed by atoms with Crippen LogP contribution in [0.2, 0.25) is 0 Å². The summed E-state index contributed by atoms with van der Waals surface area (Å²) < 4.78 is 5.04. The maximum Gasteiger partial charge on any atom is 0.290 e. The minimum Gasteiger partial charge on any atom is -0.503 e. The van der Waals surface area contributed by atoms with E-state index in [2.05, 4.69) is 0 Å². The Morgan fingerprint density at radius 3 is 2.48 bits per heavy atom. The van der Waals surface area contributed by atoms with Crippen LogP contribution in [0.4, 0.5) is 5.69 Å². The average Bonchev–Trinajstić information content (AvgIpc) is 3.03. The van der Waals surface area contributed by atoms with E-state index in [9.17, 15) is 24.8 Å². The van der Waals surface area contributed by atoms with Crippen molar-refractivity contribution in [1.29, 1.82) is 0 Å². The molecule has 2 aromatic rings. The molecule has 0 saturated heterocycles. The van der Waals surface area contributed by atoms with Crippen molar-refractivity contribution in [2.24, 2.45) is 0 Å². The van der Waals surface area contributed by atoms with E-state index in [1.54, 1.807) is 13.2 Å². The highest BCUT2D eigenvalue weighted by Crippen LogP contribution is 2.38. The molecule has 3 rings (SSSR count). The number of nitro groups is 1. The van der Waals surface area contributed by atoms with Gasteiger partial charge in [0, 0.05) is 32.4 Å². The molecule has 8 heteroatoms. The fourth-order valence-corrected chi connectivity index (χ4v) is 3.47. The molecule has 8 nitrogen and oxygen atoms in total. The predicted molar refractivity (Wildman–Crippen MR) is 114 cm³/mol. The Hall–Kier alpha value is -3.78. The zero-order valence-corrected chi connectivity index (χ0v) is 16.9. The lowest BCUT2D eigenvalue weighted by Crippen LogP contribution is -2.32. The maximum atomic E-state index is 13.0. The summed E-state index contributed by atoms with van der Waals surface area (Å²) in [5, 5.41) is 21.5. The number of nitro benzene ring substituents is 1. The number of non-ortho nitro benzene ring substituents is 1. The number of carbonyl (C=O) groups is 2. The lowest BCUT2D eigenvalue weighted by Gasteiger charge is -2.26. The van der Waals surface area contributed by atoms with E-state index in [4.69, 9.17) is 4.74 Å². The third kappa shape index (κ3) is 4.87. The highest BCUT2D eigenvalue weighted by molar-refractivity contribution is 6.14.